The molecule has 0 aromatic heterocycles. The van der Waals surface area contributed by atoms with Crippen LogP contribution in [0.2, 0.25) is 0 Å². The summed E-state index contributed by atoms with van der Waals surface area (Å²) < 4.78 is 11.0. The van der Waals surface area contributed by atoms with Crippen LogP contribution in [0.5, 0.6) is 11.5 Å². The highest BCUT2D eigenvalue weighted by atomic mass is 16.5. The highest BCUT2D eigenvalue weighted by Gasteiger charge is 2.09. The molecular formula is C24H30N2O4. The predicted molar refractivity (Wildman–Crippen MR) is 120 cm³/mol. The van der Waals surface area contributed by atoms with Crippen molar-refractivity contribution in [2.45, 2.75) is 39.7 Å². The van der Waals surface area contributed by atoms with E-state index in [-0.39, 0.29) is 17.9 Å². The number of anilines is 1. The molecule has 0 aliphatic rings. The molecule has 0 saturated carbocycles. The molecule has 0 aliphatic carbocycles. The van der Waals surface area contributed by atoms with Crippen molar-refractivity contribution in [3.63, 3.8) is 0 Å². The van der Waals surface area contributed by atoms with Gasteiger partial charge < -0.3 is 20.1 Å². The monoisotopic (exact) mass is 410 g/mol. The van der Waals surface area contributed by atoms with Crippen LogP contribution in [-0.2, 0) is 9.59 Å². The van der Waals surface area contributed by atoms with Gasteiger partial charge in [0.05, 0.1) is 19.8 Å². The Balaban J connectivity index is 1.96. The van der Waals surface area contributed by atoms with Crippen molar-refractivity contribution in [3.8, 4) is 11.5 Å². The van der Waals surface area contributed by atoms with Gasteiger partial charge in [-0.2, -0.15) is 0 Å². The van der Waals surface area contributed by atoms with Crippen molar-refractivity contribution in [3.05, 3.63) is 59.7 Å². The second-order valence-corrected chi connectivity index (χ2v) is 6.85. The van der Waals surface area contributed by atoms with E-state index in [1.807, 2.05) is 56.3 Å². The van der Waals surface area contributed by atoms with Crippen LogP contribution in [0.4, 0.5) is 5.69 Å². The zero-order valence-electron chi connectivity index (χ0n) is 18.0. The fourth-order valence-electron chi connectivity index (χ4n) is 2.74. The molecule has 2 N–H and O–H groups in total. The lowest BCUT2D eigenvalue weighted by Gasteiger charge is -2.14. The normalized spacial score (nSPS) is 11.7. The first-order valence-electron chi connectivity index (χ1n) is 10.2. The number of hydrogen-bond acceptors (Lipinski definition) is 4. The first-order chi connectivity index (χ1) is 14.5. The topological polar surface area (TPSA) is 76.7 Å². The average Bonchev–Trinajstić information content (AvgIpc) is 2.76. The van der Waals surface area contributed by atoms with Gasteiger partial charge in [0.2, 0.25) is 11.8 Å². The molecule has 1 atom stereocenters. The Labute approximate surface area is 178 Å². The summed E-state index contributed by atoms with van der Waals surface area (Å²) in [6.45, 7) is 6.38. The van der Waals surface area contributed by atoms with Gasteiger partial charge in [0.25, 0.3) is 0 Å². The summed E-state index contributed by atoms with van der Waals surface area (Å²) in [5.74, 6) is 1.09. The van der Waals surface area contributed by atoms with E-state index in [2.05, 4.69) is 10.6 Å². The Bertz CT molecular complexity index is 875. The molecule has 2 aromatic rings. The summed E-state index contributed by atoms with van der Waals surface area (Å²) in [5.41, 5.74) is 2.53. The van der Waals surface area contributed by atoms with Gasteiger partial charge in [-0.15, -0.1) is 0 Å². The maximum atomic E-state index is 12.3. The third-order valence-electron chi connectivity index (χ3n) is 4.45. The Hall–Kier alpha value is -3.28. The maximum Gasteiger partial charge on any atom is 0.244 e. The number of ether oxygens (including phenoxy) is 2. The van der Waals surface area contributed by atoms with Crippen molar-refractivity contribution < 1.29 is 19.1 Å². The lowest BCUT2D eigenvalue weighted by Crippen LogP contribution is -2.24. The van der Waals surface area contributed by atoms with Crippen molar-refractivity contribution in [1.82, 2.24) is 5.32 Å². The van der Waals surface area contributed by atoms with E-state index in [1.54, 1.807) is 20.1 Å². The lowest BCUT2D eigenvalue weighted by molar-refractivity contribution is -0.117. The molecule has 2 rings (SSSR count). The molecule has 0 radical (unpaired) electrons. The third-order valence-corrected chi connectivity index (χ3v) is 4.45. The summed E-state index contributed by atoms with van der Waals surface area (Å²) in [6, 6.07) is 12.8. The van der Waals surface area contributed by atoms with E-state index in [0.717, 1.165) is 23.2 Å². The molecule has 0 fully saturated rings. The number of carbonyl (C=O) groups is 2. The number of methoxy groups -OCH3 is 1. The van der Waals surface area contributed by atoms with Gasteiger partial charge >= 0.3 is 0 Å². The van der Waals surface area contributed by atoms with Gasteiger partial charge in [-0.25, -0.2) is 0 Å². The van der Waals surface area contributed by atoms with E-state index in [1.165, 1.54) is 6.08 Å². The standard InChI is InChI=1S/C24H30N2O4/c1-5-15-30-21-13-7-18(16-22(21)29-4)8-14-24(28)25-17(3)19-9-11-20(12-10-19)26-23(27)6-2/h7-14,16-17H,5-6,15H2,1-4H3,(H,25,28)(H,26,27)/b14-8+. The van der Waals surface area contributed by atoms with Crippen LogP contribution < -0.4 is 20.1 Å². The van der Waals surface area contributed by atoms with Crippen LogP contribution in [0.1, 0.15) is 50.8 Å². The van der Waals surface area contributed by atoms with E-state index in [9.17, 15) is 9.59 Å². The molecule has 6 nitrogen and oxygen atoms in total. The Kier molecular flexibility index (Phi) is 8.94. The van der Waals surface area contributed by atoms with Gasteiger partial charge in [-0.1, -0.05) is 32.0 Å². The van der Waals surface area contributed by atoms with E-state index in [4.69, 9.17) is 9.47 Å². The molecule has 0 bridgehead atoms. The van der Waals surface area contributed by atoms with Crippen LogP contribution in [0.15, 0.2) is 48.5 Å². The van der Waals surface area contributed by atoms with Crippen LogP contribution >= 0.6 is 0 Å². The molecule has 0 saturated heterocycles. The third kappa shape index (κ3) is 6.95. The highest BCUT2D eigenvalue weighted by molar-refractivity contribution is 5.92. The van der Waals surface area contributed by atoms with Crippen molar-refractivity contribution >= 4 is 23.6 Å². The zero-order chi connectivity index (χ0) is 21.9. The van der Waals surface area contributed by atoms with Crippen LogP contribution in [0.3, 0.4) is 0 Å². The molecule has 2 aromatic carbocycles. The summed E-state index contributed by atoms with van der Waals surface area (Å²) in [7, 11) is 1.59. The van der Waals surface area contributed by atoms with Crippen LogP contribution in [0.25, 0.3) is 6.08 Å². The SMILES string of the molecule is CCCOc1ccc(/C=C/C(=O)NC(C)c2ccc(NC(=O)CC)cc2)cc1OC. The molecular weight excluding hydrogens is 380 g/mol. The molecule has 0 spiro atoms. The second kappa shape index (κ2) is 11.7. The minimum atomic E-state index is -0.198. The number of benzene rings is 2. The molecule has 1 unspecified atom stereocenters. The smallest absolute Gasteiger partial charge is 0.244 e. The number of hydrogen-bond donors (Lipinski definition) is 2. The zero-order valence-corrected chi connectivity index (χ0v) is 18.0. The minimum Gasteiger partial charge on any atom is -0.493 e. The second-order valence-electron chi connectivity index (χ2n) is 6.85. The van der Waals surface area contributed by atoms with E-state index < -0.39 is 0 Å². The maximum absolute atomic E-state index is 12.3. The van der Waals surface area contributed by atoms with Gasteiger partial charge in [0.15, 0.2) is 11.5 Å². The number of rotatable bonds is 10. The first-order valence-corrected chi connectivity index (χ1v) is 10.2. The van der Waals surface area contributed by atoms with Crippen molar-refractivity contribution in [2.75, 3.05) is 19.0 Å². The average molecular weight is 411 g/mol. The van der Waals surface area contributed by atoms with Crippen molar-refractivity contribution in [1.29, 1.82) is 0 Å². The Morgan fingerprint density at radius 2 is 1.80 bits per heavy atom. The molecule has 0 heterocycles. The fourth-order valence-corrected chi connectivity index (χ4v) is 2.74. The van der Waals surface area contributed by atoms with Gasteiger partial charge in [-0.3, -0.25) is 9.59 Å². The quantitative estimate of drug-likeness (QED) is 0.556. The van der Waals surface area contributed by atoms with E-state index >= 15 is 0 Å². The number of amides is 2. The first kappa shape index (κ1) is 23.0. The Morgan fingerprint density at radius 3 is 2.43 bits per heavy atom. The molecule has 6 heteroatoms. The lowest BCUT2D eigenvalue weighted by atomic mass is 10.1. The number of nitrogens with one attached hydrogen (secondary N) is 2. The number of carbonyl (C=O) groups excluding carboxylic acids is 2. The highest BCUT2D eigenvalue weighted by Crippen LogP contribution is 2.28. The van der Waals surface area contributed by atoms with Crippen molar-refractivity contribution in [2.24, 2.45) is 0 Å². The molecule has 0 aliphatic heterocycles. The summed E-state index contributed by atoms with van der Waals surface area (Å²) >= 11 is 0. The molecule has 2 amide bonds. The summed E-state index contributed by atoms with van der Waals surface area (Å²) in [4.78, 5) is 23.8. The Morgan fingerprint density at radius 1 is 1.07 bits per heavy atom. The van der Waals surface area contributed by atoms with Crippen LogP contribution in [0, 0.1) is 0 Å². The minimum absolute atomic E-state index is 0.0316. The fraction of sp³-hybridized carbons (Fsp3) is 0.333. The van der Waals surface area contributed by atoms with Gasteiger partial charge in [0.1, 0.15) is 0 Å². The summed E-state index contributed by atoms with van der Waals surface area (Å²) in [5, 5.41) is 5.74. The predicted octanol–water partition coefficient (Wildman–Crippen LogP) is 4.72. The van der Waals surface area contributed by atoms with Gasteiger partial charge in [0, 0.05) is 18.2 Å². The van der Waals surface area contributed by atoms with Gasteiger partial charge in [-0.05, 0) is 54.8 Å². The largest absolute Gasteiger partial charge is 0.493 e. The van der Waals surface area contributed by atoms with E-state index in [0.29, 0.717) is 24.5 Å². The van der Waals surface area contributed by atoms with Crippen LogP contribution in [-0.4, -0.2) is 25.5 Å². The molecule has 30 heavy (non-hydrogen) atoms. The molecule has 160 valence electrons. The summed E-state index contributed by atoms with van der Waals surface area (Å²) in [6.07, 6.45) is 4.57.